The van der Waals surface area contributed by atoms with Crippen LogP contribution in [-0.2, 0) is 0 Å². The molecular weight excluding hydrogens is 250 g/mol. The zero-order chi connectivity index (χ0) is 13.1. The van der Waals surface area contributed by atoms with E-state index >= 15 is 0 Å². The number of nitrogens with two attached hydrogens (primary N) is 1. The number of benzene rings is 1. The van der Waals surface area contributed by atoms with E-state index in [1.165, 1.54) is 12.3 Å². The fourth-order valence-corrected chi connectivity index (χ4v) is 1.74. The number of amides is 1. The second kappa shape index (κ2) is 5.06. The third-order valence-electron chi connectivity index (χ3n) is 2.40. The van der Waals surface area contributed by atoms with E-state index in [9.17, 15) is 4.79 Å². The molecule has 0 aliphatic rings. The number of hydrogen-bond donors (Lipinski definition) is 2. The minimum atomic E-state index is -0.306. The highest BCUT2D eigenvalue weighted by Gasteiger charge is 2.11. The van der Waals surface area contributed by atoms with E-state index in [0.29, 0.717) is 11.3 Å². The van der Waals surface area contributed by atoms with E-state index in [4.69, 9.17) is 17.3 Å². The molecule has 1 aromatic carbocycles. The largest absolute Gasteiger partial charge is 0.384 e. The van der Waals surface area contributed by atoms with E-state index in [0.717, 1.165) is 5.56 Å². The van der Waals surface area contributed by atoms with Crippen LogP contribution in [0.1, 0.15) is 15.9 Å². The molecule has 0 aliphatic heterocycles. The maximum atomic E-state index is 12.0. The number of nitrogen functional groups attached to an aromatic ring is 1. The monoisotopic (exact) mass is 261 g/mol. The average Bonchev–Trinajstić information content (AvgIpc) is 2.32. The minimum absolute atomic E-state index is 0.258. The van der Waals surface area contributed by atoms with Crippen LogP contribution in [0.2, 0.25) is 5.02 Å². The second-order valence-corrected chi connectivity index (χ2v) is 4.32. The molecule has 1 amide bonds. The van der Waals surface area contributed by atoms with Crippen LogP contribution in [0.25, 0.3) is 0 Å². The molecule has 0 saturated heterocycles. The molecule has 0 spiro atoms. The molecule has 2 aromatic rings. The Bertz CT molecular complexity index is 599. The lowest BCUT2D eigenvalue weighted by atomic mass is 10.2. The molecule has 0 radical (unpaired) electrons. The van der Waals surface area contributed by atoms with E-state index in [-0.39, 0.29) is 16.7 Å². The van der Waals surface area contributed by atoms with Crippen molar-refractivity contribution in [1.82, 2.24) is 4.98 Å². The molecule has 0 atom stereocenters. The third-order valence-corrected chi connectivity index (χ3v) is 2.70. The Morgan fingerprint density at radius 3 is 2.89 bits per heavy atom. The number of aryl methyl sites for hydroxylation is 1. The lowest BCUT2D eigenvalue weighted by Gasteiger charge is -2.07. The average molecular weight is 262 g/mol. The first-order valence-electron chi connectivity index (χ1n) is 5.35. The molecule has 0 bridgehead atoms. The number of nitrogens with one attached hydrogen (secondary N) is 1. The van der Waals surface area contributed by atoms with Gasteiger partial charge in [0.25, 0.3) is 5.91 Å². The highest BCUT2D eigenvalue weighted by molar-refractivity contribution is 6.34. The highest BCUT2D eigenvalue weighted by atomic mass is 35.5. The molecule has 0 fully saturated rings. The van der Waals surface area contributed by atoms with Crippen molar-refractivity contribution in [3.05, 3.63) is 52.7 Å². The number of carbonyl (C=O) groups excluding carboxylic acids is 1. The van der Waals surface area contributed by atoms with Gasteiger partial charge in [-0.15, -0.1) is 0 Å². The second-order valence-electron chi connectivity index (χ2n) is 3.91. The van der Waals surface area contributed by atoms with Crippen LogP contribution in [-0.4, -0.2) is 10.9 Å². The SMILES string of the molecule is Cc1cccc(NC(=O)c2cc(N)ncc2Cl)c1. The summed E-state index contributed by atoms with van der Waals surface area (Å²) in [4.78, 5) is 15.8. The zero-order valence-electron chi connectivity index (χ0n) is 9.77. The lowest BCUT2D eigenvalue weighted by Crippen LogP contribution is -2.13. The molecule has 0 unspecified atom stereocenters. The van der Waals surface area contributed by atoms with E-state index in [1.807, 2.05) is 31.2 Å². The Labute approximate surface area is 110 Å². The molecule has 92 valence electrons. The van der Waals surface area contributed by atoms with Crippen LogP contribution < -0.4 is 11.1 Å². The predicted molar refractivity (Wildman–Crippen MR) is 72.8 cm³/mol. The first-order chi connectivity index (χ1) is 8.56. The maximum absolute atomic E-state index is 12.0. The Morgan fingerprint density at radius 2 is 2.17 bits per heavy atom. The van der Waals surface area contributed by atoms with Crippen molar-refractivity contribution < 1.29 is 4.79 Å². The number of anilines is 2. The molecule has 0 aliphatic carbocycles. The predicted octanol–water partition coefficient (Wildman–Crippen LogP) is 2.88. The standard InChI is InChI=1S/C13H12ClN3O/c1-8-3-2-4-9(5-8)17-13(18)10-6-12(15)16-7-11(10)14/h2-7H,1H3,(H2,15,16)(H,17,18). The van der Waals surface area contributed by atoms with Gasteiger partial charge in [-0.05, 0) is 30.7 Å². The van der Waals surface area contributed by atoms with Crippen molar-refractivity contribution in [1.29, 1.82) is 0 Å². The van der Waals surface area contributed by atoms with Crippen LogP contribution in [0.4, 0.5) is 11.5 Å². The Hall–Kier alpha value is -2.07. The van der Waals surface area contributed by atoms with Gasteiger partial charge in [0.1, 0.15) is 5.82 Å². The molecule has 4 nitrogen and oxygen atoms in total. The molecule has 2 rings (SSSR count). The quantitative estimate of drug-likeness (QED) is 0.873. The summed E-state index contributed by atoms with van der Waals surface area (Å²) >= 11 is 5.91. The first-order valence-corrected chi connectivity index (χ1v) is 5.73. The molecule has 3 N–H and O–H groups in total. The fourth-order valence-electron chi connectivity index (χ4n) is 1.55. The molecule has 5 heteroatoms. The summed E-state index contributed by atoms with van der Waals surface area (Å²) in [6.45, 7) is 1.95. The number of pyridine rings is 1. The van der Waals surface area contributed by atoms with Crippen molar-refractivity contribution in [2.45, 2.75) is 6.92 Å². The molecular formula is C13H12ClN3O. The van der Waals surface area contributed by atoms with Crippen LogP contribution in [0, 0.1) is 6.92 Å². The maximum Gasteiger partial charge on any atom is 0.257 e. The van der Waals surface area contributed by atoms with Crippen LogP contribution >= 0.6 is 11.6 Å². The van der Waals surface area contributed by atoms with Crippen LogP contribution in [0.3, 0.4) is 0 Å². The number of aromatic nitrogens is 1. The first kappa shape index (κ1) is 12.4. The van der Waals surface area contributed by atoms with Gasteiger partial charge in [0, 0.05) is 11.9 Å². The summed E-state index contributed by atoms with van der Waals surface area (Å²) < 4.78 is 0. The summed E-state index contributed by atoms with van der Waals surface area (Å²) in [7, 11) is 0. The molecule has 1 aromatic heterocycles. The molecule has 0 saturated carbocycles. The number of carbonyl (C=O) groups is 1. The van der Waals surface area contributed by atoms with Crippen molar-refractivity contribution >= 4 is 29.0 Å². The van der Waals surface area contributed by atoms with E-state index < -0.39 is 0 Å². The number of halogens is 1. The van der Waals surface area contributed by atoms with Crippen molar-refractivity contribution in [2.75, 3.05) is 11.1 Å². The molecule has 18 heavy (non-hydrogen) atoms. The van der Waals surface area contributed by atoms with Gasteiger partial charge in [-0.25, -0.2) is 4.98 Å². The van der Waals surface area contributed by atoms with Gasteiger partial charge in [0.2, 0.25) is 0 Å². The summed E-state index contributed by atoms with van der Waals surface area (Å²) in [5.74, 6) is -0.0477. The number of nitrogens with zero attached hydrogens (tertiary/aromatic N) is 1. The van der Waals surface area contributed by atoms with Crippen molar-refractivity contribution in [3.63, 3.8) is 0 Å². The number of hydrogen-bond acceptors (Lipinski definition) is 3. The van der Waals surface area contributed by atoms with Gasteiger partial charge >= 0.3 is 0 Å². The van der Waals surface area contributed by atoms with Crippen LogP contribution in [0.5, 0.6) is 0 Å². The zero-order valence-corrected chi connectivity index (χ0v) is 10.5. The third kappa shape index (κ3) is 2.78. The topological polar surface area (TPSA) is 68.0 Å². The normalized spacial score (nSPS) is 10.1. The van der Waals surface area contributed by atoms with Gasteiger partial charge in [-0.3, -0.25) is 4.79 Å². The highest BCUT2D eigenvalue weighted by Crippen LogP contribution is 2.18. The Balaban J connectivity index is 2.24. The lowest BCUT2D eigenvalue weighted by molar-refractivity contribution is 0.102. The fraction of sp³-hybridized carbons (Fsp3) is 0.0769. The summed E-state index contributed by atoms with van der Waals surface area (Å²) in [6, 6.07) is 8.95. The van der Waals surface area contributed by atoms with Gasteiger partial charge in [0.15, 0.2) is 0 Å². The van der Waals surface area contributed by atoms with Gasteiger partial charge in [-0.1, -0.05) is 23.7 Å². The smallest absolute Gasteiger partial charge is 0.257 e. The summed E-state index contributed by atoms with van der Waals surface area (Å²) in [5, 5.41) is 3.03. The van der Waals surface area contributed by atoms with E-state index in [1.54, 1.807) is 0 Å². The van der Waals surface area contributed by atoms with Crippen LogP contribution in [0.15, 0.2) is 36.5 Å². The number of rotatable bonds is 2. The van der Waals surface area contributed by atoms with Crippen molar-refractivity contribution in [3.8, 4) is 0 Å². The Morgan fingerprint density at radius 1 is 1.39 bits per heavy atom. The molecule has 1 heterocycles. The summed E-state index contributed by atoms with van der Waals surface area (Å²) in [5.41, 5.74) is 7.62. The summed E-state index contributed by atoms with van der Waals surface area (Å²) in [6.07, 6.45) is 1.36. The van der Waals surface area contributed by atoms with Crippen molar-refractivity contribution in [2.24, 2.45) is 0 Å². The van der Waals surface area contributed by atoms with E-state index in [2.05, 4.69) is 10.3 Å². The van der Waals surface area contributed by atoms with Gasteiger partial charge in [-0.2, -0.15) is 0 Å². The van der Waals surface area contributed by atoms with Gasteiger partial charge in [0.05, 0.1) is 10.6 Å². The minimum Gasteiger partial charge on any atom is -0.384 e. The Kier molecular flexibility index (Phi) is 3.48. The van der Waals surface area contributed by atoms with Gasteiger partial charge < -0.3 is 11.1 Å².